The third-order valence-corrected chi connectivity index (χ3v) is 5.38. The molecule has 0 saturated heterocycles. The highest BCUT2D eigenvalue weighted by Crippen LogP contribution is 2.31. The van der Waals surface area contributed by atoms with Crippen molar-refractivity contribution in [2.24, 2.45) is 10.2 Å². The van der Waals surface area contributed by atoms with Crippen LogP contribution in [0.3, 0.4) is 0 Å². The van der Waals surface area contributed by atoms with Crippen molar-refractivity contribution in [3.8, 4) is 0 Å². The molecule has 0 bridgehead atoms. The highest BCUT2D eigenvalue weighted by Gasteiger charge is 2.18. The Morgan fingerprint density at radius 3 is 2.41 bits per heavy atom. The summed E-state index contributed by atoms with van der Waals surface area (Å²) >= 11 is -2.40. The molecule has 3 aromatic carbocycles. The van der Waals surface area contributed by atoms with Gasteiger partial charge >= 0.3 is 0 Å². The van der Waals surface area contributed by atoms with Crippen LogP contribution in [0.5, 0.6) is 0 Å². The van der Waals surface area contributed by atoms with Crippen molar-refractivity contribution < 1.29 is 21.7 Å². The number of azo groups is 1. The molecule has 1 atom stereocenters. The predicted molar refractivity (Wildman–Crippen MR) is 103 cm³/mol. The third-order valence-electron chi connectivity index (χ3n) is 3.85. The summed E-state index contributed by atoms with van der Waals surface area (Å²) in [7, 11) is -4.61. The Kier molecular flexibility index (Phi) is 5.07. The Hall–Kier alpha value is -2.66. The van der Waals surface area contributed by atoms with E-state index in [4.69, 9.17) is 5.73 Å². The number of anilines is 1. The topological polar surface area (TPSA) is 142 Å². The van der Waals surface area contributed by atoms with Crippen molar-refractivity contribution in [3.63, 3.8) is 0 Å². The lowest BCUT2D eigenvalue weighted by atomic mass is 10.1. The monoisotopic (exact) mass is 405 g/mol. The van der Waals surface area contributed by atoms with Gasteiger partial charge in [0.15, 0.2) is 11.1 Å². The van der Waals surface area contributed by atoms with E-state index < -0.39 is 26.1 Å². The van der Waals surface area contributed by atoms with Crippen LogP contribution in [0, 0.1) is 6.92 Å². The predicted octanol–water partition coefficient (Wildman–Crippen LogP) is 3.97. The largest absolute Gasteiger partial charge is 0.399 e. The summed E-state index contributed by atoms with van der Waals surface area (Å²) in [4.78, 5) is -0.611. The molecule has 0 amide bonds. The van der Waals surface area contributed by atoms with Crippen LogP contribution in [0.1, 0.15) is 5.56 Å². The minimum Gasteiger partial charge on any atom is -0.399 e. The van der Waals surface area contributed by atoms with Crippen molar-refractivity contribution in [1.29, 1.82) is 0 Å². The van der Waals surface area contributed by atoms with Crippen LogP contribution < -0.4 is 5.73 Å². The van der Waals surface area contributed by atoms with Crippen LogP contribution in [0.25, 0.3) is 10.8 Å². The molecule has 0 spiro atoms. The van der Waals surface area contributed by atoms with E-state index in [1.165, 1.54) is 18.2 Å². The zero-order valence-electron chi connectivity index (χ0n) is 14.0. The molecule has 0 saturated carbocycles. The Morgan fingerprint density at radius 2 is 1.78 bits per heavy atom. The number of hydrogen-bond donors (Lipinski definition) is 3. The van der Waals surface area contributed by atoms with Crippen molar-refractivity contribution in [3.05, 3.63) is 54.1 Å². The molecule has 4 N–H and O–H groups in total. The first-order chi connectivity index (χ1) is 12.6. The standard InChI is InChI=1S/C17H15N3O5S2/c1-10-6-12(18)3-5-16(10)20-19-13-4-2-11-7-14(26(21)22)9-17(15(11)8-13)27(23,24)25/h2-9H,18H2,1H3,(H,21,22)(H,23,24,25). The fourth-order valence-electron chi connectivity index (χ4n) is 2.56. The fourth-order valence-corrected chi connectivity index (χ4v) is 3.82. The van der Waals surface area contributed by atoms with Gasteiger partial charge in [-0.25, -0.2) is 4.21 Å². The second-order valence-electron chi connectivity index (χ2n) is 5.80. The van der Waals surface area contributed by atoms with Crippen LogP contribution in [0.4, 0.5) is 17.1 Å². The summed E-state index contributed by atoms with van der Waals surface area (Å²) in [5.74, 6) is 0. The van der Waals surface area contributed by atoms with Gasteiger partial charge < -0.3 is 10.3 Å². The van der Waals surface area contributed by atoms with Gasteiger partial charge in [-0.05, 0) is 60.3 Å². The fraction of sp³-hybridized carbons (Fsp3) is 0.0588. The quantitative estimate of drug-likeness (QED) is 0.259. The van der Waals surface area contributed by atoms with Crippen LogP contribution in [-0.2, 0) is 21.2 Å². The van der Waals surface area contributed by atoms with Crippen molar-refractivity contribution >= 4 is 49.0 Å². The Bertz CT molecular complexity index is 1210. The van der Waals surface area contributed by atoms with E-state index in [1.807, 2.05) is 6.92 Å². The number of aryl methyl sites for hydroxylation is 1. The summed E-state index contributed by atoms with van der Waals surface area (Å²) < 4.78 is 53.4. The van der Waals surface area contributed by atoms with Gasteiger partial charge in [0.1, 0.15) is 4.90 Å². The number of nitrogens with zero attached hydrogens (tertiary/aromatic N) is 2. The molecule has 8 nitrogen and oxygen atoms in total. The summed E-state index contributed by atoms with van der Waals surface area (Å²) in [5.41, 5.74) is 8.08. The van der Waals surface area contributed by atoms with E-state index in [2.05, 4.69) is 10.2 Å². The number of hydrogen-bond acceptors (Lipinski definition) is 6. The van der Waals surface area contributed by atoms with E-state index in [1.54, 1.807) is 24.3 Å². The van der Waals surface area contributed by atoms with E-state index in [9.17, 15) is 21.7 Å². The smallest absolute Gasteiger partial charge is 0.295 e. The van der Waals surface area contributed by atoms with E-state index in [-0.39, 0.29) is 10.3 Å². The van der Waals surface area contributed by atoms with Crippen molar-refractivity contribution in [2.75, 3.05) is 5.73 Å². The first-order valence-electron chi connectivity index (χ1n) is 7.59. The average Bonchev–Trinajstić information content (AvgIpc) is 2.59. The van der Waals surface area contributed by atoms with Crippen LogP contribution in [-0.4, -0.2) is 21.7 Å². The molecule has 0 aromatic heterocycles. The van der Waals surface area contributed by atoms with Gasteiger partial charge in [-0.3, -0.25) is 4.55 Å². The first kappa shape index (κ1) is 19.1. The van der Waals surface area contributed by atoms with E-state index >= 15 is 0 Å². The molecular weight excluding hydrogens is 390 g/mol. The Labute approximate surface area is 157 Å². The molecule has 3 aromatic rings. The van der Waals surface area contributed by atoms with Crippen molar-refractivity contribution in [2.45, 2.75) is 16.7 Å². The third kappa shape index (κ3) is 4.19. The Morgan fingerprint density at radius 1 is 1.04 bits per heavy atom. The zero-order valence-corrected chi connectivity index (χ0v) is 15.7. The van der Waals surface area contributed by atoms with E-state index in [0.717, 1.165) is 11.6 Å². The SMILES string of the molecule is Cc1cc(N)ccc1N=Nc1ccc2cc(S(=O)O)cc(S(=O)(=O)O)c2c1. The van der Waals surface area contributed by atoms with Gasteiger partial charge in [-0.15, -0.1) is 0 Å². The lowest BCUT2D eigenvalue weighted by Crippen LogP contribution is -2.01. The van der Waals surface area contributed by atoms with Gasteiger partial charge in [0, 0.05) is 11.1 Å². The van der Waals surface area contributed by atoms with Crippen LogP contribution >= 0.6 is 0 Å². The molecule has 140 valence electrons. The molecule has 27 heavy (non-hydrogen) atoms. The number of nitrogen functional groups attached to an aromatic ring is 1. The number of nitrogens with two attached hydrogens (primary N) is 1. The van der Waals surface area contributed by atoms with Crippen LogP contribution in [0.15, 0.2) is 68.6 Å². The second-order valence-corrected chi connectivity index (χ2v) is 8.16. The van der Waals surface area contributed by atoms with Crippen molar-refractivity contribution in [1.82, 2.24) is 0 Å². The number of benzene rings is 3. The Balaban J connectivity index is 2.13. The van der Waals surface area contributed by atoms with Crippen LogP contribution in [0.2, 0.25) is 0 Å². The maximum Gasteiger partial charge on any atom is 0.295 e. The summed E-state index contributed by atoms with van der Waals surface area (Å²) in [5, 5.41) is 8.76. The molecule has 3 rings (SSSR count). The maximum absolute atomic E-state index is 11.7. The summed E-state index contributed by atoms with van der Waals surface area (Å²) in [6, 6.07) is 12.0. The molecule has 0 aliphatic heterocycles. The first-order valence-corrected chi connectivity index (χ1v) is 10.1. The molecule has 1 unspecified atom stereocenters. The molecule has 0 aliphatic rings. The lowest BCUT2D eigenvalue weighted by molar-refractivity contribution is 0.484. The highest BCUT2D eigenvalue weighted by atomic mass is 32.2. The number of rotatable bonds is 4. The highest BCUT2D eigenvalue weighted by molar-refractivity contribution is 7.86. The molecule has 0 heterocycles. The molecule has 0 aliphatic carbocycles. The molecule has 0 radical (unpaired) electrons. The minimum absolute atomic E-state index is 0.137. The minimum atomic E-state index is -4.61. The molecular formula is C17H15N3O5S2. The van der Waals surface area contributed by atoms with Gasteiger partial charge in [-0.1, -0.05) is 6.07 Å². The molecule has 10 heteroatoms. The average molecular weight is 405 g/mol. The zero-order chi connectivity index (χ0) is 19.8. The van der Waals surface area contributed by atoms with Gasteiger partial charge in [-0.2, -0.15) is 18.6 Å². The second kappa shape index (κ2) is 7.16. The number of fused-ring (bicyclic) bond motifs is 1. The summed E-state index contributed by atoms with van der Waals surface area (Å²) in [6.45, 7) is 1.83. The van der Waals surface area contributed by atoms with Gasteiger partial charge in [0.05, 0.1) is 16.3 Å². The van der Waals surface area contributed by atoms with E-state index in [0.29, 0.717) is 22.4 Å². The van der Waals surface area contributed by atoms with Gasteiger partial charge in [0.25, 0.3) is 10.1 Å². The summed E-state index contributed by atoms with van der Waals surface area (Å²) in [6.07, 6.45) is 0. The maximum atomic E-state index is 11.7. The molecule has 0 fully saturated rings. The lowest BCUT2D eigenvalue weighted by Gasteiger charge is -2.07. The normalized spacial score (nSPS) is 13.3. The van der Waals surface area contributed by atoms with Gasteiger partial charge in [0.2, 0.25) is 0 Å².